The van der Waals surface area contributed by atoms with Gasteiger partial charge in [-0.25, -0.2) is 4.98 Å². The molecule has 5 nitrogen and oxygen atoms in total. The van der Waals surface area contributed by atoms with Crippen LogP contribution in [0.25, 0.3) is 0 Å². The van der Waals surface area contributed by atoms with Crippen molar-refractivity contribution < 1.29 is 8.42 Å². The third kappa shape index (κ3) is 3.74. The van der Waals surface area contributed by atoms with E-state index in [2.05, 4.69) is 9.97 Å². The van der Waals surface area contributed by atoms with Gasteiger partial charge in [-0.15, -0.1) is 0 Å². The van der Waals surface area contributed by atoms with Gasteiger partial charge in [-0.2, -0.15) is 8.42 Å². The van der Waals surface area contributed by atoms with E-state index in [1.807, 2.05) is 62.4 Å². The van der Waals surface area contributed by atoms with Crippen LogP contribution in [0.5, 0.6) is 0 Å². The average Bonchev–Trinajstić information content (AvgIpc) is 3.12. The lowest BCUT2D eigenvalue weighted by Crippen LogP contribution is -2.30. The summed E-state index contributed by atoms with van der Waals surface area (Å²) < 4.78 is 27.9. The highest BCUT2D eigenvalue weighted by Crippen LogP contribution is 2.25. The molecule has 0 aliphatic carbocycles. The summed E-state index contributed by atoms with van der Waals surface area (Å²) in [7, 11) is -3.75. The monoisotopic (exact) mass is 355 g/mol. The van der Waals surface area contributed by atoms with Gasteiger partial charge in [-0.3, -0.25) is 4.31 Å². The van der Waals surface area contributed by atoms with Gasteiger partial charge in [0.25, 0.3) is 10.0 Å². The number of rotatable bonds is 6. The van der Waals surface area contributed by atoms with Crippen molar-refractivity contribution in [2.45, 2.75) is 31.3 Å². The molecule has 0 saturated carbocycles. The van der Waals surface area contributed by atoms with Gasteiger partial charge in [0.2, 0.25) is 0 Å². The van der Waals surface area contributed by atoms with Gasteiger partial charge in [0, 0.05) is 5.92 Å². The van der Waals surface area contributed by atoms with Gasteiger partial charge < -0.3 is 4.98 Å². The fourth-order valence-electron chi connectivity index (χ4n) is 2.52. The molecule has 0 saturated heterocycles. The van der Waals surface area contributed by atoms with Gasteiger partial charge in [0.15, 0.2) is 5.03 Å². The van der Waals surface area contributed by atoms with Crippen LogP contribution in [0.2, 0.25) is 0 Å². The van der Waals surface area contributed by atoms with Crippen LogP contribution in [0.15, 0.2) is 71.9 Å². The summed E-state index contributed by atoms with van der Waals surface area (Å²) in [5, 5.41) is 0.107. The number of sulfonamides is 1. The minimum atomic E-state index is -3.75. The zero-order chi connectivity index (χ0) is 17.9. The fourth-order valence-corrected chi connectivity index (χ4v) is 3.90. The van der Waals surface area contributed by atoms with Crippen LogP contribution in [0.1, 0.15) is 31.2 Å². The number of nitrogens with one attached hydrogen (secondary N) is 1. The van der Waals surface area contributed by atoms with Crippen LogP contribution in [0, 0.1) is 0 Å². The SMILES string of the molecule is CC(C)c1ncc(S(=O)(=O)N(Cc2ccccc2)c2ccccc2)[nH]1. The summed E-state index contributed by atoms with van der Waals surface area (Å²) in [6.45, 7) is 4.19. The van der Waals surface area contributed by atoms with Gasteiger partial charge in [0.1, 0.15) is 5.82 Å². The maximum Gasteiger partial charge on any atom is 0.281 e. The molecule has 0 aliphatic heterocycles. The zero-order valence-electron chi connectivity index (χ0n) is 14.3. The second kappa shape index (κ2) is 7.11. The minimum Gasteiger partial charge on any atom is -0.331 e. The molecule has 0 radical (unpaired) electrons. The molecule has 1 aromatic heterocycles. The Morgan fingerprint density at radius 2 is 1.60 bits per heavy atom. The molecule has 0 bridgehead atoms. The lowest BCUT2D eigenvalue weighted by Gasteiger charge is -2.23. The Morgan fingerprint density at radius 3 is 2.16 bits per heavy atom. The van der Waals surface area contributed by atoms with Crippen LogP contribution in [-0.4, -0.2) is 18.4 Å². The van der Waals surface area contributed by atoms with Crippen molar-refractivity contribution in [3.8, 4) is 0 Å². The molecule has 130 valence electrons. The van der Waals surface area contributed by atoms with Gasteiger partial charge in [0.05, 0.1) is 18.4 Å². The Labute approximate surface area is 148 Å². The lowest BCUT2D eigenvalue weighted by molar-refractivity contribution is 0.586. The molecule has 0 aliphatic rings. The lowest BCUT2D eigenvalue weighted by atomic mass is 10.2. The summed E-state index contributed by atoms with van der Waals surface area (Å²) in [6.07, 6.45) is 1.39. The number of hydrogen-bond acceptors (Lipinski definition) is 3. The van der Waals surface area contributed by atoms with E-state index in [9.17, 15) is 8.42 Å². The Bertz CT molecular complexity index is 920. The normalized spacial score (nSPS) is 11.6. The quantitative estimate of drug-likeness (QED) is 0.728. The number of benzene rings is 2. The van der Waals surface area contributed by atoms with Gasteiger partial charge >= 0.3 is 0 Å². The summed E-state index contributed by atoms with van der Waals surface area (Å²) in [5.41, 5.74) is 1.53. The number of aromatic amines is 1. The van der Waals surface area contributed by atoms with Gasteiger partial charge in [-0.05, 0) is 17.7 Å². The Morgan fingerprint density at radius 1 is 1.00 bits per heavy atom. The molecule has 1 N–H and O–H groups in total. The van der Waals surface area contributed by atoms with Crippen LogP contribution < -0.4 is 4.31 Å². The smallest absolute Gasteiger partial charge is 0.281 e. The van der Waals surface area contributed by atoms with Crippen molar-refractivity contribution in [2.24, 2.45) is 0 Å². The van der Waals surface area contributed by atoms with E-state index < -0.39 is 10.0 Å². The van der Waals surface area contributed by atoms with E-state index in [1.165, 1.54) is 10.5 Å². The molecule has 0 atom stereocenters. The Kier molecular flexibility index (Phi) is 4.90. The highest BCUT2D eigenvalue weighted by Gasteiger charge is 2.27. The van der Waals surface area contributed by atoms with E-state index in [4.69, 9.17) is 0 Å². The number of anilines is 1. The minimum absolute atomic E-state index is 0.107. The van der Waals surface area contributed by atoms with Crippen molar-refractivity contribution in [3.63, 3.8) is 0 Å². The van der Waals surface area contributed by atoms with E-state index >= 15 is 0 Å². The molecule has 6 heteroatoms. The fraction of sp³-hybridized carbons (Fsp3) is 0.211. The number of nitrogens with zero attached hydrogens (tertiary/aromatic N) is 2. The third-order valence-electron chi connectivity index (χ3n) is 3.90. The second-order valence-corrected chi connectivity index (χ2v) is 7.95. The number of hydrogen-bond donors (Lipinski definition) is 1. The van der Waals surface area contributed by atoms with Crippen LogP contribution in [0.3, 0.4) is 0 Å². The molecular formula is C19H21N3O2S. The summed E-state index contributed by atoms with van der Waals surface area (Å²) in [4.78, 5) is 7.15. The molecule has 0 spiro atoms. The Balaban J connectivity index is 2.03. The Hall–Kier alpha value is -2.60. The highest BCUT2D eigenvalue weighted by molar-refractivity contribution is 7.92. The number of aromatic nitrogens is 2. The number of para-hydroxylation sites is 1. The van der Waals surface area contributed by atoms with Crippen molar-refractivity contribution >= 4 is 15.7 Å². The first-order valence-corrected chi connectivity index (χ1v) is 9.59. The molecule has 0 fully saturated rings. The first kappa shape index (κ1) is 17.2. The molecular weight excluding hydrogens is 334 g/mol. The van der Waals surface area contributed by atoms with Crippen LogP contribution in [-0.2, 0) is 16.6 Å². The molecule has 1 heterocycles. The van der Waals surface area contributed by atoms with E-state index in [-0.39, 0.29) is 17.5 Å². The molecule has 3 aromatic rings. The maximum absolute atomic E-state index is 13.2. The third-order valence-corrected chi connectivity index (χ3v) is 5.58. The molecule has 2 aromatic carbocycles. The van der Waals surface area contributed by atoms with Crippen LogP contribution in [0.4, 0.5) is 5.69 Å². The molecule has 25 heavy (non-hydrogen) atoms. The zero-order valence-corrected chi connectivity index (χ0v) is 15.1. The van der Waals surface area contributed by atoms with E-state index in [0.717, 1.165) is 5.56 Å². The van der Waals surface area contributed by atoms with E-state index in [1.54, 1.807) is 12.1 Å². The molecule has 0 amide bonds. The van der Waals surface area contributed by atoms with Gasteiger partial charge in [-0.1, -0.05) is 62.4 Å². The summed E-state index contributed by atoms with van der Waals surface area (Å²) in [6, 6.07) is 18.6. The summed E-state index contributed by atoms with van der Waals surface area (Å²) in [5.74, 6) is 0.787. The largest absolute Gasteiger partial charge is 0.331 e. The van der Waals surface area contributed by atoms with Crippen molar-refractivity contribution in [3.05, 3.63) is 78.2 Å². The van der Waals surface area contributed by atoms with Crippen molar-refractivity contribution in [2.75, 3.05) is 4.31 Å². The highest BCUT2D eigenvalue weighted by atomic mass is 32.2. The predicted octanol–water partition coefficient (Wildman–Crippen LogP) is 3.93. The molecule has 3 rings (SSSR count). The topological polar surface area (TPSA) is 66.1 Å². The van der Waals surface area contributed by atoms with Crippen molar-refractivity contribution in [1.82, 2.24) is 9.97 Å². The van der Waals surface area contributed by atoms with Crippen molar-refractivity contribution in [1.29, 1.82) is 0 Å². The first-order valence-electron chi connectivity index (χ1n) is 8.15. The van der Waals surface area contributed by atoms with E-state index in [0.29, 0.717) is 11.5 Å². The maximum atomic E-state index is 13.2. The number of imidazole rings is 1. The predicted molar refractivity (Wildman–Crippen MR) is 98.9 cm³/mol. The second-order valence-electron chi connectivity index (χ2n) is 6.12. The molecule has 0 unspecified atom stereocenters. The van der Waals surface area contributed by atoms with Crippen LogP contribution >= 0.6 is 0 Å². The average molecular weight is 355 g/mol. The first-order chi connectivity index (χ1) is 12.0. The number of H-pyrrole nitrogens is 1. The summed E-state index contributed by atoms with van der Waals surface area (Å²) >= 11 is 0. The standard InChI is InChI=1S/C19H21N3O2S/c1-15(2)19-20-13-18(21-19)25(23,24)22(17-11-7-4-8-12-17)14-16-9-5-3-6-10-16/h3-13,15H,14H2,1-2H3,(H,20,21).